The fraction of sp³-hybridized carbons (Fsp3) is 0.250. The van der Waals surface area contributed by atoms with E-state index in [2.05, 4.69) is 38.1 Å². The highest BCUT2D eigenvalue weighted by Crippen LogP contribution is 2.31. The first-order valence-corrected chi connectivity index (χ1v) is 6.47. The molecule has 0 radical (unpaired) electrons. The van der Waals surface area contributed by atoms with E-state index in [1.165, 1.54) is 27.8 Å². The molecule has 94 valence electrons. The van der Waals surface area contributed by atoms with E-state index in [-0.39, 0.29) is 0 Å². The van der Waals surface area contributed by atoms with Gasteiger partial charge in [0.05, 0.1) is 0 Å². The molecular weight excluding hydrogens is 242 g/mol. The summed E-state index contributed by atoms with van der Waals surface area (Å²) in [6.07, 6.45) is 0. The molecule has 0 saturated heterocycles. The van der Waals surface area contributed by atoms with Crippen LogP contribution in [0, 0.1) is 20.8 Å². The Kier molecular flexibility index (Phi) is 3.74. The first kappa shape index (κ1) is 13.1. The highest BCUT2D eigenvalue weighted by atomic mass is 35.5. The molecule has 0 spiro atoms. The molecule has 0 saturated carbocycles. The minimum atomic E-state index is 0.583. The van der Waals surface area contributed by atoms with Crippen LogP contribution in [-0.4, -0.2) is 0 Å². The Labute approximate surface area is 114 Å². The minimum absolute atomic E-state index is 0.583. The van der Waals surface area contributed by atoms with Crippen molar-refractivity contribution in [2.75, 3.05) is 0 Å². The van der Waals surface area contributed by atoms with Gasteiger partial charge in [0, 0.05) is 11.6 Å². The van der Waals surface area contributed by atoms with Crippen molar-refractivity contribution >= 4 is 11.6 Å². The van der Waals surface area contributed by atoms with Crippen molar-refractivity contribution in [1.82, 2.24) is 0 Å². The summed E-state index contributed by atoms with van der Waals surface area (Å²) in [4.78, 5) is 0. The zero-order valence-corrected chi connectivity index (χ0v) is 11.8. The van der Waals surface area contributed by atoms with Crippen molar-refractivity contribution in [1.29, 1.82) is 0 Å². The summed E-state index contributed by atoms with van der Waals surface area (Å²) in [7, 11) is 0. The van der Waals surface area contributed by atoms with Gasteiger partial charge in [-0.05, 0) is 66.3 Å². The third-order valence-corrected chi connectivity index (χ3v) is 3.73. The topological polar surface area (TPSA) is 26.0 Å². The predicted octanol–water partition coefficient (Wildman–Crippen LogP) is 4.39. The van der Waals surface area contributed by atoms with E-state index >= 15 is 0 Å². The third-order valence-electron chi connectivity index (χ3n) is 3.32. The van der Waals surface area contributed by atoms with Gasteiger partial charge in [0.1, 0.15) is 0 Å². The van der Waals surface area contributed by atoms with E-state index in [9.17, 15) is 0 Å². The summed E-state index contributed by atoms with van der Waals surface area (Å²) in [5.74, 6) is 0. The predicted molar refractivity (Wildman–Crippen MR) is 79.0 cm³/mol. The molecule has 0 aliphatic heterocycles. The number of aryl methyl sites for hydroxylation is 3. The van der Waals surface area contributed by atoms with Gasteiger partial charge < -0.3 is 5.73 Å². The molecule has 2 aromatic carbocycles. The molecule has 0 heterocycles. The summed E-state index contributed by atoms with van der Waals surface area (Å²) in [6.45, 7) is 6.84. The van der Waals surface area contributed by atoms with Gasteiger partial charge in [0.15, 0.2) is 0 Å². The standard InChI is InChI=1S/C16H18ClN/c1-10-6-13(9-18)4-5-14(10)15-7-12(3)16(17)8-11(15)2/h4-8H,9,18H2,1-3H3. The Morgan fingerprint density at radius 2 is 1.56 bits per heavy atom. The van der Waals surface area contributed by atoms with Crippen LogP contribution in [0.15, 0.2) is 30.3 Å². The van der Waals surface area contributed by atoms with Crippen LogP contribution in [0.5, 0.6) is 0 Å². The molecule has 18 heavy (non-hydrogen) atoms. The number of rotatable bonds is 2. The Bertz CT molecular complexity index is 588. The molecule has 0 unspecified atom stereocenters. The highest BCUT2D eigenvalue weighted by molar-refractivity contribution is 6.31. The smallest absolute Gasteiger partial charge is 0.0438 e. The lowest BCUT2D eigenvalue weighted by Gasteiger charge is -2.12. The lowest BCUT2D eigenvalue weighted by atomic mass is 9.94. The second-order valence-electron chi connectivity index (χ2n) is 4.77. The maximum atomic E-state index is 6.14. The molecule has 0 fully saturated rings. The molecule has 0 aromatic heterocycles. The van der Waals surface area contributed by atoms with Crippen LogP contribution in [0.4, 0.5) is 0 Å². The normalized spacial score (nSPS) is 10.7. The fourth-order valence-corrected chi connectivity index (χ4v) is 2.44. The van der Waals surface area contributed by atoms with E-state index < -0.39 is 0 Å². The first-order valence-electron chi connectivity index (χ1n) is 6.09. The van der Waals surface area contributed by atoms with Crippen molar-refractivity contribution in [2.24, 2.45) is 5.73 Å². The molecule has 0 aliphatic rings. The summed E-state index contributed by atoms with van der Waals surface area (Å²) >= 11 is 6.14. The van der Waals surface area contributed by atoms with Crippen LogP contribution < -0.4 is 5.73 Å². The summed E-state index contributed by atoms with van der Waals surface area (Å²) < 4.78 is 0. The SMILES string of the molecule is Cc1cc(-c2ccc(CN)cc2C)c(C)cc1Cl. The van der Waals surface area contributed by atoms with Gasteiger partial charge in [0.25, 0.3) is 0 Å². The molecular formula is C16H18ClN. The molecule has 2 aromatic rings. The van der Waals surface area contributed by atoms with Gasteiger partial charge in [-0.25, -0.2) is 0 Å². The lowest BCUT2D eigenvalue weighted by molar-refractivity contribution is 1.07. The first-order chi connectivity index (χ1) is 8.52. The van der Waals surface area contributed by atoms with Gasteiger partial charge in [-0.3, -0.25) is 0 Å². The number of hydrogen-bond acceptors (Lipinski definition) is 1. The Hall–Kier alpha value is -1.31. The average molecular weight is 260 g/mol. The molecule has 2 N–H and O–H groups in total. The van der Waals surface area contributed by atoms with E-state index in [1.54, 1.807) is 0 Å². The molecule has 0 atom stereocenters. The Morgan fingerprint density at radius 3 is 2.17 bits per heavy atom. The van der Waals surface area contributed by atoms with E-state index in [1.807, 2.05) is 13.0 Å². The van der Waals surface area contributed by atoms with Gasteiger partial charge in [0.2, 0.25) is 0 Å². The fourth-order valence-electron chi connectivity index (χ4n) is 2.23. The zero-order chi connectivity index (χ0) is 13.3. The van der Waals surface area contributed by atoms with Gasteiger partial charge >= 0.3 is 0 Å². The zero-order valence-electron chi connectivity index (χ0n) is 11.0. The van der Waals surface area contributed by atoms with E-state index in [4.69, 9.17) is 17.3 Å². The van der Waals surface area contributed by atoms with Crippen LogP contribution in [0.25, 0.3) is 11.1 Å². The lowest BCUT2D eigenvalue weighted by Crippen LogP contribution is -1.97. The molecule has 2 rings (SSSR count). The van der Waals surface area contributed by atoms with Crippen molar-refractivity contribution in [2.45, 2.75) is 27.3 Å². The van der Waals surface area contributed by atoms with Crippen molar-refractivity contribution in [3.63, 3.8) is 0 Å². The number of nitrogens with two attached hydrogens (primary N) is 1. The Balaban J connectivity index is 2.58. The second kappa shape index (κ2) is 5.13. The van der Waals surface area contributed by atoms with Crippen molar-refractivity contribution in [3.05, 3.63) is 57.6 Å². The highest BCUT2D eigenvalue weighted by Gasteiger charge is 2.08. The summed E-state index contributed by atoms with van der Waals surface area (Å²) in [5.41, 5.74) is 12.9. The average Bonchev–Trinajstić information content (AvgIpc) is 2.34. The minimum Gasteiger partial charge on any atom is -0.326 e. The molecule has 0 aliphatic carbocycles. The van der Waals surface area contributed by atoms with Crippen molar-refractivity contribution < 1.29 is 0 Å². The number of halogens is 1. The molecule has 2 heteroatoms. The Morgan fingerprint density at radius 1 is 0.889 bits per heavy atom. The molecule has 0 bridgehead atoms. The van der Waals surface area contributed by atoms with Gasteiger partial charge in [-0.1, -0.05) is 29.8 Å². The molecule has 0 amide bonds. The van der Waals surface area contributed by atoms with E-state index in [0.29, 0.717) is 6.54 Å². The van der Waals surface area contributed by atoms with Gasteiger partial charge in [-0.15, -0.1) is 0 Å². The van der Waals surface area contributed by atoms with Crippen LogP contribution in [0.1, 0.15) is 22.3 Å². The molecule has 1 nitrogen and oxygen atoms in total. The van der Waals surface area contributed by atoms with E-state index in [0.717, 1.165) is 10.6 Å². The summed E-state index contributed by atoms with van der Waals surface area (Å²) in [5, 5.41) is 0.826. The van der Waals surface area contributed by atoms with Crippen molar-refractivity contribution in [3.8, 4) is 11.1 Å². The maximum Gasteiger partial charge on any atom is 0.0438 e. The second-order valence-corrected chi connectivity index (χ2v) is 5.18. The summed E-state index contributed by atoms with van der Waals surface area (Å²) in [6, 6.07) is 10.6. The largest absolute Gasteiger partial charge is 0.326 e. The number of benzene rings is 2. The van der Waals surface area contributed by atoms with Crippen LogP contribution in [0.2, 0.25) is 5.02 Å². The van der Waals surface area contributed by atoms with Crippen LogP contribution >= 0.6 is 11.6 Å². The number of hydrogen-bond donors (Lipinski definition) is 1. The maximum absolute atomic E-state index is 6.14. The van der Waals surface area contributed by atoms with Gasteiger partial charge in [-0.2, -0.15) is 0 Å². The monoisotopic (exact) mass is 259 g/mol. The van der Waals surface area contributed by atoms with Crippen LogP contribution in [-0.2, 0) is 6.54 Å². The van der Waals surface area contributed by atoms with Crippen LogP contribution in [0.3, 0.4) is 0 Å². The third kappa shape index (κ3) is 2.43. The quantitative estimate of drug-likeness (QED) is 0.850.